The number of amides is 1. The number of rotatable bonds is 3. The third kappa shape index (κ3) is 4.35. The van der Waals surface area contributed by atoms with E-state index in [1.165, 1.54) is 5.56 Å². The molecule has 0 N–H and O–H groups in total. The second-order valence-electron chi connectivity index (χ2n) is 5.85. The summed E-state index contributed by atoms with van der Waals surface area (Å²) in [5.41, 5.74) is 2.37. The summed E-state index contributed by atoms with van der Waals surface area (Å²) < 4.78 is 6.51. The summed E-state index contributed by atoms with van der Waals surface area (Å²) >= 11 is 3.47. The summed E-state index contributed by atoms with van der Waals surface area (Å²) in [6.07, 6.45) is 1.77. The molecule has 120 valence electrons. The van der Waals surface area contributed by atoms with Crippen molar-refractivity contribution < 1.29 is 9.53 Å². The fourth-order valence-corrected chi connectivity index (χ4v) is 3.21. The maximum absolute atomic E-state index is 12.2. The monoisotopic (exact) mass is 373 g/mol. The van der Waals surface area contributed by atoms with Crippen molar-refractivity contribution in [3.63, 3.8) is 0 Å². The van der Waals surface area contributed by atoms with Gasteiger partial charge in [0.05, 0.1) is 0 Å². The van der Waals surface area contributed by atoms with E-state index in [1.54, 1.807) is 0 Å². The Morgan fingerprint density at radius 2 is 1.70 bits per heavy atom. The second kappa shape index (κ2) is 7.64. The average Bonchev–Trinajstić information content (AvgIpc) is 2.61. The normalized spacial score (nSPS) is 15.4. The minimum absolute atomic E-state index is 0.205. The number of nitrogens with zero attached hydrogens (tertiary/aromatic N) is 1. The number of halogens is 1. The highest BCUT2D eigenvalue weighted by molar-refractivity contribution is 9.10. The molecular formula is C19H20BrNO2. The molecule has 0 aliphatic carbocycles. The fourth-order valence-electron chi connectivity index (χ4n) is 2.94. The molecule has 0 aromatic heterocycles. The minimum Gasteiger partial charge on any atom is -0.445 e. The number of hydrogen-bond donors (Lipinski definition) is 0. The van der Waals surface area contributed by atoms with E-state index in [-0.39, 0.29) is 6.09 Å². The van der Waals surface area contributed by atoms with Crippen LogP contribution in [0.5, 0.6) is 0 Å². The Morgan fingerprint density at radius 3 is 2.35 bits per heavy atom. The first kappa shape index (κ1) is 16.1. The van der Waals surface area contributed by atoms with Gasteiger partial charge in [-0.05, 0) is 42.0 Å². The number of carbonyl (C=O) groups excluding carboxylic acids is 1. The Morgan fingerprint density at radius 1 is 1.04 bits per heavy atom. The summed E-state index contributed by atoms with van der Waals surface area (Å²) in [6, 6.07) is 18.3. The van der Waals surface area contributed by atoms with Crippen molar-refractivity contribution in [2.75, 3.05) is 13.1 Å². The van der Waals surface area contributed by atoms with Gasteiger partial charge in [0.2, 0.25) is 0 Å². The zero-order valence-electron chi connectivity index (χ0n) is 13.0. The van der Waals surface area contributed by atoms with Gasteiger partial charge in [0, 0.05) is 17.6 Å². The topological polar surface area (TPSA) is 29.5 Å². The predicted octanol–water partition coefficient (Wildman–Crippen LogP) is 4.97. The van der Waals surface area contributed by atoms with E-state index >= 15 is 0 Å². The van der Waals surface area contributed by atoms with Crippen LogP contribution in [-0.2, 0) is 11.3 Å². The molecule has 0 unspecified atom stereocenters. The summed E-state index contributed by atoms with van der Waals surface area (Å²) in [7, 11) is 0. The number of hydrogen-bond acceptors (Lipinski definition) is 2. The Balaban J connectivity index is 1.48. The van der Waals surface area contributed by atoms with Gasteiger partial charge in [-0.1, -0.05) is 58.4 Å². The molecule has 1 aliphatic rings. The molecule has 2 aromatic rings. The Hall–Kier alpha value is -1.81. The van der Waals surface area contributed by atoms with Gasteiger partial charge in [0.1, 0.15) is 6.61 Å². The Kier molecular flexibility index (Phi) is 5.34. The van der Waals surface area contributed by atoms with E-state index in [2.05, 4.69) is 40.2 Å². The van der Waals surface area contributed by atoms with Gasteiger partial charge in [-0.15, -0.1) is 0 Å². The van der Waals surface area contributed by atoms with Crippen LogP contribution in [0.3, 0.4) is 0 Å². The minimum atomic E-state index is -0.205. The number of likely N-dealkylation sites (tertiary alicyclic amines) is 1. The highest BCUT2D eigenvalue weighted by atomic mass is 79.9. The van der Waals surface area contributed by atoms with Crippen molar-refractivity contribution in [1.82, 2.24) is 4.90 Å². The molecule has 0 bridgehead atoms. The van der Waals surface area contributed by atoms with Gasteiger partial charge in [0.15, 0.2) is 0 Å². The van der Waals surface area contributed by atoms with E-state index in [0.29, 0.717) is 12.5 Å². The number of carbonyl (C=O) groups is 1. The maximum atomic E-state index is 12.2. The van der Waals surface area contributed by atoms with Gasteiger partial charge in [-0.25, -0.2) is 4.79 Å². The van der Waals surface area contributed by atoms with Crippen LogP contribution in [0.2, 0.25) is 0 Å². The van der Waals surface area contributed by atoms with E-state index in [9.17, 15) is 4.79 Å². The lowest BCUT2D eigenvalue weighted by Gasteiger charge is -2.31. The first-order valence-electron chi connectivity index (χ1n) is 7.93. The average molecular weight is 374 g/mol. The summed E-state index contributed by atoms with van der Waals surface area (Å²) in [4.78, 5) is 14.0. The molecule has 1 amide bonds. The van der Waals surface area contributed by atoms with Crippen molar-refractivity contribution in [1.29, 1.82) is 0 Å². The SMILES string of the molecule is O=C(OCc1ccccc1)N1CCC(c2ccc(Br)cc2)CC1. The third-order valence-corrected chi connectivity index (χ3v) is 4.83. The molecule has 23 heavy (non-hydrogen) atoms. The maximum Gasteiger partial charge on any atom is 0.410 e. The Bertz CT molecular complexity index is 634. The molecule has 3 nitrogen and oxygen atoms in total. The Labute approximate surface area is 145 Å². The van der Waals surface area contributed by atoms with E-state index < -0.39 is 0 Å². The molecule has 1 fully saturated rings. The lowest BCUT2D eigenvalue weighted by atomic mass is 9.90. The van der Waals surface area contributed by atoms with Crippen LogP contribution in [-0.4, -0.2) is 24.1 Å². The van der Waals surface area contributed by atoms with Crippen LogP contribution in [0.1, 0.15) is 29.9 Å². The first-order chi connectivity index (χ1) is 11.2. The fraction of sp³-hybridized carbons (Fsp3) is 0.316. The smallest absolute Gasteiger partial charge is 0.410 e. The molecule has 4 heteroatoms. The lowest BCUT2D eigenvalue weighted by molar-refractivity contribution is 0.0870. The zero-order chi connectivity index (χ0) is 16.1. The van der Waals surface area contributed by atoms with E-state index in [4.69, 9.17) is 4.74 Å². The van der Waals surface area contributed by atoms with Crippen LogP contribution >= 0.6 is 15.9 Å². The molecular weight excluding hydrogens is 354 g/mol. The molecule has 0 spiro atoms. The van der Waals surface area contributed by atoms with Crippen molar-refractivity contribution >= 4 is 22.0 Å². The van der Waals surface area contributed by atoms with E-state index in [0.717, 1.165) is 36.0 Å². The van der Waals surface area contributed by atoms with Crippen molar-refractivity contribution in [3.05, 3.63) is 70.2 Å². The van der Waals surface area contributed by atoms with Crippen molar-refractivity contribution in [3.8, 4) is 0 Å². The molecule has 0 radical (unpaired) electrons. The predicted molar refractivity (Wildman–Crippen MR) is 94.3 cm³/mol. The zero-order valence-corrected chi connectivity index (χ0v) is 14.5. The quantitative estimate of drug-likeness (QED) is 0.760. The number of piperidine rings is 1. The van der Waals surface area contributed by atoms with Gasteiger partial charge in [0.25, 0.3) is 0 Å². The van der Waals surface area contributed by atoms with E-state index in [1.807, 2.05) is 35.2 Å². The van der Waals surface area contributed by atoms with Gasteiger partial charge < -0.3 is 9.64 Å². The largest absolute Gasteiger partial charge is 0.445 e. The van der Waals surface area contributed by atoms with Gasteiger partial charge in [-0.3, -0.25) is 0 Å². The number of ether oxygens (including phenoxy) is 1. The van der Waals surface area contributed by atoms with Crippen LogP contribution in [0.15, 0.2) is 59.1 Å². The summed E-state index contributed by atoms with van der Waals surface area (Å²) in [6.45, 7) is 1.86. The highest BCUT2D eigenvalue weighted by Gasteiger charge is 2.24. The second-order valence-corrected chi connectivity index (χ2v) is 6.77. The molecule has 1 aliphatic heterocycles. The molecule has 2 aromatic carbocycles. The lowest BCUT2D eigenvalue weighted by Crippen LogP contribution is -2.38. The molecule has 1 saturated heterocycles. The standard InChI is InChI=1S/C19H20BrNO2/c20-18-8-6-16(7-9-18)17-10-12-21(13-11-17)19(22)23-14-15-4-2-1-3-5-15/h1-9,17H,10-14H2. The van der Waals surface area contributed by atoms with Crippen molar-refractivity contribution in [2.24, 2.45) is 0 Å². The van der Waals surface area contributed by atoms with Crippen LogP contribution in [0.25, 0.3) is 0 Å². The van der Waals surface area contributed by atoms with Crippen LogP contribution in [0, 0.1) is 0 Å². The molecule has 1 heterocycles. The molecule has 0 saturated carbocycles. The first-order valence-corrected chi connectivity index (χ1v) is 8.73. The van der Waals surface area contributed by atoms with Crippen LogP contribution < -0.4 is 0 Å². The summed E-state index contributed by atoms with van der Waals surface area (Å²) in [5.74, 6) is 0.529. The van der Waals surface area contributed by atoms with Gasteiger partial charge >= 0.3 is 6.09 Å². The number of benzene rings is 2. The molecule has 3 rings (SSSR count). The van der Waals surface area contributed by atoms with Gasteiger partial charge in [-0.2, -0.15) is 0 Å². The summed E-state index contributed by atoms with van der Waals surface area (Å²) in [5, 5.41) is 0. The third-order valence-electron chi connectivity index (χ3n) is 4.30. The van der Waals surface area contributed by atoms with Crippen molar-refractivity contribution in [2.45, 2.75) is 25.4 Å². The molecule has 0 atom stereocenters. The van der Waals surface area contributed by atoms with Crippen LogP contribution in [0.4, 0.5) is 4.79 Å². The highest BCUT2D eigenvalue weighted by Crippen LogP contribution is 2.29.